The minimum atomic E-state index is 0.911. The molecule has 2 heterocycles. The van der Waals surface area contributed by atoms with Gasteiger partial charge < -0.3 is 0 Å². The largest absolute Gasteiger partial charge is 0.279 e. The molecule has 2 aromatic rings. The number of hydrogen-bond acceptors (Lipinski definition) is 3. The first-order chi connectivity index (χ1) is 8.34. The molecular formula is C13H12N4+. The lowest BCUT2D eigenvalue weighted by molar-refractivity contribution is 0.753. The molecule has 17 heavy (non-hydrogen) atoms. The third-order valence-corrected chi connectivity index (χ3v) is 2.64. The number of hydrazone groups is 1. The standard InChI is InChI=1S/C13H12N4/c1-10-7-8-17(16-10)12-9-14-15-13(12)11-5-3-2-4-6-11/h2-9H,1H3,(H,14,15)/q+1. The number of benzene rings is 1. The van der Waals surface area contributed by atoms with Crippen molar-refractivity contribution in [1.29, 1.82) is 0 Å². The Balaban J connectivity index is 2.04. The first-order valence-corrected chi connectivity index (χ1v) is 5.46. The van der Waals surface area contributed by atoms with Gasteiger partial charge in [-0.05, 0) is 12.0 Å². The maximum Gasteiger partial charge on any atom is 0.263 e. The highest BCUT2D eigenvalue weighted by Gasteiger charge is 2.27. The van der Waals surface area contributed by atoms with E-state index in [0.717, 1.165) is 22.7 Å². The van der Waals surface area contributed by atoms with Gasteiger partial charge in [0, 0.05) is 16.6 Å². The minimum Gasteiger partial charge on any atom is -0.279 e. The van der Waals surface area contributed by atoms with Crippen LogP contribution >= 0.6 is 0 Å². The topological polar surface area (TPSA) is 46.9 Å². The van der Waals surface area contributed by atoms with E-state index in [2.05, 4.69) is 15.3 Å². The number of anilines is 1. The van der Waals surface area contributed by atoms with Crippen LogP contribution in [0.15, 0.2) is 53.9 Å². The molecule has 0 unspecified atom stereocenters. The van der Waals surface area contributed by atoms with E-state index >= 15 is 0 Å². The number of H-pyrrole nitrogens is 1. The molecule has 3 rings (SSSR count). The van der Waals surface area contributed by atoms with Gasteiger partial charge in [-0.2, -0.15) is 5.10 Å². The molecule has 1 aromatic carbocycles. The number of allylic oxidation sites excluding steroid dienone is 1. The summed E-state index contributed by atoms with van der Waals surface area (Å²) in [7, 11) is 0. The minimum absolute atomic E-state index is 0.911. The molecular weight excluding hydrogens is 212 g/mol. The Kier molecular flexibility index (Phi) is 2.34. The van der Waals surface area contributed by atoms with Crippen molar-refractivity contribution in [3.05, 3.63) is 48.8 Å². The highest BCUT2D eigenvalue weighted by molar-refractivity contribution is 5.95. The van der Waals surface area contributed by atoms with Crippen molar-refractivity contribution < 1.29 is 0 Å². The SMILES string of the molecule is CC1=N[N+](c2c[nH]nc2-c2ccccc2)C=C1. The van der Waals surface area contributed by atoms with Crippen molar-refractivity contribution in [3.63, 3.8) is 0 Å². The van der Waals surface area contributed by atoms with Crippen molar-refractivity contribution in [2.45, 2.75) is 6.92 Å². The Morgan fingerprint density at radius 2 is 2.00 bits per heavy atom. The van der Waals surface area contributed by atoms with Crippen molar-refractivity contribution in [2.75, 3.05) is 0 Å². The summed E-state index contributed by atoms with van der Waals surface area (Å²) in [6, 6.07) is 10.1. The summed E-state index contributed by atoms with van der Waals surface area (Å²) in [5.74, 6) is 0. The number of rotatable bonds is 2. The van der Waals surface area contributed by atoms with Gasteiger partial charge in [0.1, 0.15) is 5.71 Å². The molecule has 0 saturated carbocycles. The number of nitrogens with one attached hydrogen (secondary N) is 1. The molecule has 0 amide bonds. The summed E-state index contributed by atoms with van der Waals surface area (Å²) in [4.78, 5) is 0. The van der Waals surface area contributed by atoms with Crippen molar-refractivity contribution >= 4 is 11.4 Å². The molecule has 0 aliphatic carbocycles. The molecule has 83 valence electrons. The Morgan fingerprint density at radius 3 is 2.71 bits per heavy atom. The Labute approximate surface area is 99.3 Å². The van der Waals surface area contributed by atoms with Crippen LogP contribution in [0.2, 0.25) is 0 Å². The van der Waals surface area contributed by atoms with Gasteiger partial charge in [-0.3, -0.25) is 5.10 Å². The quantitative estimate of drug-likeness (QED) is 0.783. The molecule has 0 fully saturated rings. The van der Waals surface area contributed by atoms with Crippen LogP contribution in [0.25, 0.3) is 11.3 Å². The maximum absolute atomic E-state index is 4.40. The summed E-state index contributed by atoms with van der Waals surface area (Å²) in [5, 5.41) is 13.4. The molecule has 0 spiro atoms. The second kappa shape index (κ2) is 3.99. The van der Waals surface area contributed by atoms with E-state index in [1.54, 1.807) is 0 Å². The summed E-state index contributed by atoms with van der Waals surface area (Å²) in [6.07, 6.45) is 5.77. The number of hydrogen-bond donors (Lipinski definition) is 1. The molecule has 1 aromatic heterocycles. The lowest BCUT2D eigenvalue weighted by atomic mass is 10.1. The Morgan fingerprint density at radius 1 is 1.18 bits per heavy atom. The summed E-state index contributed by atoms with van der Waals surface area (Å²) in [6.45, 7) is 1.97. The van der Waals surface area contributed by atoms with Gasteiger partial charge in [0.05, 0.1) is 6.20 Å². The van der Waals surface area contributed by atoms with Crippen LogP contribution in [0.1, 0.15) is 6.92 Å². The fraction of sp³-hybridized carbons (Fsp3) is 0.0769. The molecule has 4 nitrogen and oxygen atoms in total. The van der Waals surface area contributed by atoms with Crippen LogP contribution in [0, 0.1) is 0 Å². The molecule has 4 heteroatoms. The zero-order chi connectivity index (χ0) is 11.7. The van der Waals surface area contributed by atoms with Crippen LogP contribution in [0.3, 0.4) is 0 Å². The van der Waals surface area contributed by atoms with Gasteiger partial charge in [0.25, 0.3) is 5.69 Å². The van der Waals surface area contributed by atoms with Crippen molar-refractivity contribution in [1.82, 2.24) is 15.2 Å². The predicted octanol–water partition coefficient (Wildman–Crippen LogP) is 2.75. The molecule has 1 aliphatic rings. The van der Waals surface area contributed by atoms with Crippen molar-refractivity contribution in [2.24, 2.45) is 5.10 Å². The van der Waals surface area contributed by atoms with Gasteiger partial charge in [0.2, 0.25) is 0 Å². The second-order valence-corrected chi connectivity index (χ2v) is 3.89. The molecule has 1 radical (unpaired) electrons. The second-order valence-electron chi connectivity index (χ2n) is 3.89. The van der Waals surface area contributed by atoms with E-state index < -0.39 is 0 Å². The van der Waals surface area contributed by atoms with Crippen LogP contribution in [0.5, 0.6) is 0 Å². The van der Waals surface area contributed by atoms with Crippen LogP contribution < -0.4 is 5.01 Å². The smallest absolute Gasteiger partial charge is 0.263 e. The Hall–Kier alpha value is -2.20. The van der Waals surface area contributed by atoms with E-state index in [1.807, 2.05) is 60.7 Å². The van der Waals surface area contributed by atoms with E-state index in [0.29, 0.717) is 0 Å². The average Bonchev–Trinajstić information content (AvgIpc) is 2.98. The maximum atomic E-state index is 4.40. The predicted molar refractivity (Wildman–Crippen MR) is 68.1 cm³/mol. The summed E-state index contributed by atoms with van der Waals surface area (Å²) < 4.78 is 0. The van der Waals surface area contributed by atoms with E-state index in [1.165, 1.54) is 0 Å². The number of aromatic amines is 1. The molecule has 0 bridgehead atoms. The molecule has 1 N–H and O–H groups in total. The molecule has 0 saturated heterocycles. The fourth-order valence-corrected chi connectivity index (χ4v) is 1.82. The van der Waals surface area contributed by atoms with Crippen LogP contribution in [-0.2, 0) is 0 Å². The molecule has 1 aliphatic heterocycles. The zero-order valence-electron chi connectivity index (χ0n) is 9.46. The highest BCUT2D eigenvalue weighted by Crippen LogP contribution is 2.29. The van der Waals surface area contributed by atoms with Gasteiger partial charge in [-0.15, -0.1) is 0 Å². The number of nitrogens with zero attached hydrogens (tertiary/aromatic N) is 3. The van der Waals surface area contributed by atoms with Gasteiger partial charge in [-0.1, -0.05) is 30.3 Å². The summed E-state index contributed by atoms with van der Waals surface area (Å²) >= 11 is 0. The van der Waals surface area contributed by atoms with Crippen LogP contribution in [0.4, 0.5) is 5.69 Å². The van der Waals surface area contributed by atoms with E-state index in [4.69, 9.17) is 0 Å². The average molecular weight is 224 g/mol. The third kappa shape index (κ3) is 1.79. The van der Waals surface area contributed by atoms with Gasteiger partial charge in [-0.25, -0.2) is 0 Å². The Bertz CT molecular complexity index is 580. The third-order valence-electron chi connectivity index (χ3n) is 2.64. The van der Waals surface area contributed by atoms with E-state index in [-0.39, 0.29) is 0 Å². The lowest BCUT2D eigenvalue weighted by Gasteiger charge is -1.97. The zero-order valence-corrected chi connectivity index (χ0v) is 9.46. The normalized spacial score (nSPS) is 15.2. The van der Waals surface area contributed by atoms with Crippen molar-refractivity contribution in [3.8, 4) is 11.3 Å². The number of aromatic nitrogens is 2. The fourth-order valence-electron chi connectivity index (χ4n) is 1.82. The highest BCUT2D eigenvalue weighted by atomic mass is 15.5. The first kappa shape index (κ1) is 9.99. The van der Waals surface area contributed by atoms with E-state index in [9.17, 15) is 0 Å². The monoisotopic (exact) mass is 224 g/mol. The van der Waals surface area contributed by atoms with Crippen LogP contribution in [-0.4, -0.2) is 15.9 Å². The van der Waals surface area contributed by atoms with Gasteiger partial charge in [0.15, 0.2) is 11.9 Å². The first-order valence-electron chi connectivity index (χ1n) is 5.46. The molecule has 0 atom stereocenters. The summed E-state index contributed by atoms with van der Waals surface area (Å²) in [5.41, 5.74) is 3.94. The van der Waals surface area contributed by atoms with Gasteiger partial charge >= 0.3 is 0 Å². The lowest BCUT2D eigenvalue weighted by Crippen LogP contribution is -2.06.